The number of nitrogens with zero attached hydrogens (tertiary/aromatic N) is 1. The van der Waals surface area contributed by atoms with Gasteiger partial charge in [-0.15, -0.1) is 0 Å². The summed E-state index contributed by atoms with van der Waals surface area (Å²) >= 11 is 0. The molecular weight excluding hydrogens is 164 g/mol. The average Bonchev–Trinajstić information content (AvgIpc) is 2.60. The van der Waals surface area contributed by atoms with Gasteiger partial charge in [0.05, 0.1) is 0 Å². The van der Waals surface area contributed by atoms with Gasteiger partial charge >= 0.3 is 0 Å². The minimum absolute atomic E-state index is 0.411. The Morgan fingerprint density at radius 2 is 2.15 bits per heavy atom. The van der Waals surface area contributed by atoms with Crippen molar-refractivity contribution in [3.8, 4) is 0 Å². The zero-order valence-corrected chi connectivity index (χ0v) is 8.37. The number of hydrogen-bond acceptors (Lipinski definition) is 3. The van der Waals surface area contributed by atoms with E-state index in [1.165, 1.54) is 6.42 Å². The second-order valence-corrected chi connectivity index (χ2v) is 4.32. The zero-order chi connectivity index (χ0) is 9.59. The molecular formula is C10H16N2O. The average molecular weight is 180 g/mol. The first-order valence-electron chi connectivity index (χ1n) is 4.86. The Morgan fingerprint density at radius 3 is 2.62 bits per heavy atom. The second kappa shape index (κ2) is 2.76. The number of anilines is 1. The van der Waals surface area contributed by atoms with E-state index in [2.05, 4.69) is 25.9 Å². The SMILES string of the molecule is CC(C)c1c(N)noc1C1CC1C. The van der Waals surface area contributed by atoms with E-state index in [1.54, 1.807) is 0 Å². The zero-order valence-electron chi connectivity index (χ0n) is 8.37. The van der Waals surface area contributed by atoms with Crippen LogP contribution in [0, 0.1) is 5.92 Å². The normalized spacial score (nSPS) is 26.8. The van der Waals surface area contributed by atoms with E-state index in [4.69, 9.17) is 10.3 Å². The third-order valence-electron chi connectivity index (χ3n) is 2.81. The Labute approximate surface area is 78.3 Å². The van der Waals surface area contributed by atoms with Gasteiger partial charge in [0.25, 0.3) is 0 Å². The summed E-state index contributed by atoms with van der Waals surface area (Å²) in [5.41, 5.74) is 6.87. The lowest BCUT2D eigenvalue weighted by molar-refractivity contribution is 0.381. The topological polar surface area (TPSA) is 52.0 Å². The van der Waals surface area contributed by atoms with Crippen LogP contribution < -0.4 is 5.73 Å². The van der Waals surface area contributed by atoms with Crippen LogP contribution in [0.4, 0.5) is 5.82 Å². The van der Waals surface area contributed by atoms with Gasteiger partial charge in [0, 0.05) is 11.5 Å². The standard InChI is InChI=1S/C10H16N2O/c1-5(2)8-9(7-4-6(7)3)13-12-10(8)11/h5-7H,4H2,1-3H3,(H2,11,12). The Kier molecular flexibility index (Phi) is 1.82. The van der Waals surface area contributed by atoms with Crippen molar-refractivity contribution in [3.63, 3.8) is 0 Å². The van der Waals surface area contributed by atoms with E-state index in [0.29, 0.717) is 17.7 Å². The van der Waals surface area contributed by atoms with Crippen LogP contribution in [-0.4, -0.2) is 5.16 Å². The van der Waals surface area contributed by atoms with Gasteiger partial charge < -0.3 is 10.3 Å². The van der Waals surface area contributed by atoms with Gasteiger partial charge in [-0.3, -0.25) is 0 Å². The third kappa shape index (κ3) is 1.32. The van der Waals surface area contributed by atoms with Crippen LogP contribution >= 0.6 is 0 Å². The van der Waals surface area contributed by atoms with Crippen LogP contribution in [0.2, 0.25) is 0 Å². The van der Waals surface area contributed by atoms with Crippen molar-refractivity contribution in [3.05, 3.63) is 11.3 Å². The van der Waals surface area contributed by atoms with Gasteiger partial charge in [-0.2, -0.15) is 0 Å². The van der Waals surface area contributed by atoms with Crippen molar-refractivity contribution in [2.75, 3.05) is 5.73 Å². The quantitative estimate of drug-likeness (QED) is 0.760. The summed E-state index contributed by atoms with van der Waals surface area (Å²) in [4.78, 5) is 0. The maximum atomic E-state index is 5.75. The van der Waals surface area contributed by atoms with Crippen molar-refractivity contribution >= 4 is 5.82 Å². The molecule has 3 nitrogen and oxygen atoms in total. The van der Waals surface area contributed by atoms with Crippen molar-refractivity contribution in [1.82, 2.24) is 5.16 Å². The van der Waals surface area contributed by atoms with Crippen molar-refractivity contribution in [1.29, 1.82) is 0 Å². The first-order valence-corrected chi connectivity index (χ1v) is 4.86. The smallest absolute Gasteiger partial charge is 0.170 e. The molecule has 0 amide bonds. The maximum absolute atomic E-state index is 5.75. The van der Waals surface area contributed by atoms with E-state index in [0.717, 1.165) is 17.2 Å². The lowest BCUT2D eigenvalue weighted by Gasteiger charge is -2.03. The Morgan fingerprint density at radius 1 is 1.54 bits per heavy atom. The largest absolute Gasteiger partial charge is 0.381 e. The van der Waals surface area contributed by atoms with Crippen molar-refractivity contribution < 1.29 is 4.52 Å². The number of nitrogen functional groups attached to an aromatic ring is 1. The molecule has 1 saturated carbocycles. The molecule has 1 aliphatic carbocycles. The van der Waals surface area contributed by atoms with E-state index in [9.17, 15) is 0 Å². The van der Waals surface area contributed by atoms with Crippen LogP contribution in [0.15, 0.2) is 4.52 Å². The van der Waals surface area contributed by atoms with E-state index in [-0.39, 0.29) is 0 Å². The molecule has 2 atom stereocenters. The monoisotopic (exact) mass is 180 g/mol. The molecule has 3 heteroatoms. The molecule has 2 N–H and O–H groups in total. The molecule has 0 radical (unpaired) electrons. The number of hydrogen-bond donors (Lipinski definition) is 1. The highest BCUT2D eigenvalue weighted by Crippen LogP contribution is 2.50. The van der Waals surface area contributed by atoms with Gasteiger partial charge in [-0.1, -0.05) is 25.9 Å². The van der Waals surface area contributed by atoms with Crippen molar-refractivity contribution in [2.24, 2.45) is 5.92 Å². The number of rotatable bonds is 2. The van der Waals surface area contributed by atoms with Crippen LogP contribution in [0.5, 0.6) is 0 Å². The minimum Gasteiger partial charge on any atom is -0.381 e. The predicted molar refractivity (Wildman–Crippen MR) is 51.5 cm³/mol. The van der Waals surface area contributed by atoms with Gasteiger partial charge in [-0.05, 0) is 18.3 Å². The predicted octanol–water partition coefficient (Wildman–Crippen LogP) is 2.50. The van der Waals surface area contributed by atoms with Crippen LogP contribution in [-0.2, 0) is 0 Å². The highest BCUT2D eigenvalue weighted by Gasteiger charge is 2.40. The van der Waals surface area contributed by atoms with Gasteiger partial charge in [0.2, 0.25) is 0 Å². The number of aromatic nitrogens is 1. The lowest BCUT2D eigenvalue weighted by atomic mass is 10.0. The molecule has 1 fully saturated rings. The summed E-state index contributed by atoms with van der Waals surface area (Å²) in [6, 6.07) is 0. The van der Waals surface area contributed by atoms with Crippen molar-refractivity contribution in [2.45, 2.75) is 39.0 Å². The Bertz CT molecular complexity index is 317. The van der Waals surface area contributed by atoms with E-state index in [1.807, 2.05) is 0 Å². The fraction of sp³-hybridized carbons (Fsp3) is 0.700. The first-order chi connectivity index (χ1) is 6.11. The van der Waals surface area contributed by atoms with Gasteiger partial charge in [0.15, 0.2) is 5.82 Å². The summed E-state index contributed by atoms with van der Waals surface area (Å²) in [7, 11) is 0. The first kappa shape index (κ1) is 8.60. The molecule has 1 aromatic rings. The highest BCUT2D eigenvalue weighted by atomic mass is 16.5. The summed E-state index contributed by atoms with van der Waals surface area (Å²) in [5, 5.41) is 3.84. The van der Waals surface area contributed by atoms with Gasteiger partial charge in [0.1, 0.15) is 5.76 Å². The van der Waals surface area contributed by atoms with Crippen LogP contribution in [0.3, 0.4) is 0 Å². The minimum atomic E-state index is 0.411. The molecule has 0 aromatic carbocycles. The van der Waals surface area contributed by atoms with Gasteiger partial charge in [-0.25, -0.2) is 0 Å². The van der Waals surface area contributed by atoms with E-state index < -0.39 is 0 Å². The number of nitrogens with two attached hydrogens (primary N) is 1. The fourth-order valence-electron chi connectivity index (χ4n) is 1.86. The molecule has 0 spiro atoms. The molecule has 2 rings (SSSR count). The highest BCUT2D eigenvalue weighted by molar-refractivity contribution is 5.45. The molecule has 2 unspecified atom stereocenters. The third-order valence-corrected chi connectivity index (χ3v) is 2.81. The lowest BCUT2D eigenvalue weighted by Crippen LogP contribution is -1.96. The molecule has 0 saturated heterocycles. The second-order valence-electron chi connectivity index (χ2n) is 4.32. The van der Waals surface area contributed by atoms with Crippen LogP contribution in [0.1, 0.15) is 50.4 Å². The summed E-state index contributed by atoms with van der Waals surface area (Å²) < 4.78 is 5.28. The Hall–Kier alpha value is -0.990. The molecule has 1 heterocycles. The summed E-state index contributed by atoms with van der Waals surface area (Å²) in [6.07, 6.45) is 1.22. The molecule has 13 heavy (non-hydrogen) atoms. The summed E-state index contributed by atoms with van der Waals surface area (Å²) in [6.45, 7) is 6.48. The molecule has 72 valence electrons. The molecule has 1 aliphatic rings. The summed E-state index contributed by atoms with van der Waals surface area (Å²) in [5.74, 6) is 3.32. The van der Waals surface area contributed by atoms with Crippen LogP contribution in [0.25, 0.3) is 0 Å². The Balaban J connectivity index is 2.35. The molecule has 1 aromatic heterocycles. The fourth-order valence-corrected chi connectivity index (χ4v) is 1.86. The molecule has 0 bridgehead atoms. The van der Waals surface area contributed by atoms with E-state index >= 15 is 0 Å². The maximum Gasteiger partial charge on any atom is 0.170 e. The molecule has 0 aliphatic heterocycles.